The second-order valence-electron chi connectivity index (χ2n) is 8.98. The Hall–Kier alpha value is -4.22. The molecular formula is C31H27NO4. The molecule has 0 saturated carbocycles. The van der Waals surface area contributed by atoms with Crippen molar-refractivity contribution in [1.82, 2.24) is 0 Å². The summed E-state index contributed by atoms with van der Waals surface area (Å²) in [5.74, 6) is -2.37. The zero-order chi connectivity index (χ0) is 25.3. The van der Waals surface area contributed by atoms with Crippen LogP contribution in [0, 0.1) is 5.92 Å². The monoisotopic (exact) mass is 477 g/mol. The molecule has 0 bridgehead atoms. The molecule has 2 atom stereocenters. The van der Waals surface area contributed by atoms with Crippen LogP contribution in [-0.2, 0) is 25.5 Å². The molecule has 1 aliphatic heterocycles. The van der Waals surface area contributed by atoms with E-state index in [1.807, 2.05) is 103 Å². The number of rotatable bonds is 6. The van der Waals surface area contributed by atoms with Crippen LogP contribution in [0.5, 0.6) is 0 Å². The molecule has 0 fully saturated rings. The predicted molar refractivity (Wildman–Crippen MR) is 138 cm³/mol. The second kappa shape index (κ2) is 9.10. The number of nitrogens with zero attached hydrogens (tertiary/aromatic N) is 1. The van der Waals surface area contributed by atoms with Crippen LogP contribution in [0.15, 0.2) is 115 Å². The van der Waals surface area contributed by atoms with Crippen LogP contribution in [0.4, 0.5) is 5.69 Å². The second-order valence-corrected chi connectivity index (χ2v) is 8.98. The summed E-state index contributed by atoms with van der Waals surface area (Å²) in [6, 6.07) is 36.4. The van der Waals surface area contributed by atoms with Gasteiger partial charge in [0.15, 0.2) is 5.60 Å². The third-order valence-corrected chi connectivity index (χ3v) is 7.18. The molecule has 1 aliphatic rings. The van der Waals surface area contributed by atoms with Crippen molar-refractivity contribution in [2.45, 2.75) is 18.1 Å². The SMILES string of the molecule is COC(=O)[C@@H](C)[C@]1(O)C(=O)N(C(c2ccccc2)(c2ccccc2)c2ccccc2)c2ccccc21. The molecule has 0 saturated heterocycles. The highest BCUT2D eigenvalue weighted by atomic mass is 16.5. The first-order chi connectivity index (χ1) is 17.5. The summed E-state index contributed by atoms with van der Waals surface area (Å²) in [5, 5.41) is 12.1. The van der Waals surface area contributed by atoms with Gasteiger partial charge in [-0.3, -0.25) is 14.5 Å². The van der Waals surface area contributed by atoms with Gasteiger partial charge in [-0.15, -0.1) is 0 Å². The lowest BCUT2D eigenvalue weighted by Crippen LogP contribution is -2.55. The number of hydrogen-bond donors (Lipinski definition) is 1. The Morgan fingerprint density at radius 2 is 1.19 bits per heavy atom. The third-order valence-electron chi connectivity index (χ3n) is 7.18. The van der Waals surface area contributed by atoms with Gasteiger partial charge in [-0.05, 0) is 29.7 Å². The molecule has 4 aromatic carbocycles. The maximum Gasteiger partial charge on any atom is 0.312 e. The maximum absolute atomic E-state index is 14.6. The first-order valence-electron chi connectivity index (χ1n) is 11.9. The van der Waals surface area contributed by atoms with Gasteiger partial charge in [-0.2, -0.15) is 0 Å². The number of hydrogen-bond acceptors (Lipinski definition) is 4. The topological polar surface area (TPSA) is 66.8 Å². The van der Waals surface area contributed by atoms with Gasteiger partial charge in [-0.25, -0.2) is 0 Å². The molecule has 1 amide bonds. The molecule has 5 nitrogen and oxygen atoms in total. The fourth-order valence-corrected chi connectivity index (χ4v) is 5.41. The Labute approximate surface area is 210 Å². The smallest absolute Gasteiger partial charge is 0.312 e. The van der Waals surface area contributed by atoms with Crippen molar-refractivity contribution in [3.05, 3.63) is 138 Å². The quantitative estimate of drug-likeness (QED) is 0.313. The highest BCUT2D eigenvalue weighted by Crippen LogP contribution is 2.54. The number of methoxy groups -OCH3 is 1. The van der Waals surface area contributed by atoms with Crippen LogP contribution in [0.25, 0.3) is 0 Å². The molecule has 0 spiro atoms. The van der Waals surface area contributed by atoms with E-state index < -0.39 is 28.9 Å². The van der Waals surface area contributed by atoms with Crippen molar-refractivity contribution < 1.29 is 19.4 Å². The zero-order valence-electron chi connectivity index (χ0n) is 20.2. The number of fused-ring (bicyclic) bond motifs is 1. The number of benzene rings is 4. The minimum Gasteiger partial charge on any atom is -0.469 e. The first-order valence-corrected chi connectivity index (χ1v) is 11.9. The Kier molecular flexibility index (Phi) is 5.94. The number of para-hydroxylation sites is 1. The first kappa shape index (κ1) is 23.5. The van der Waals surface area contributed by atoms with Gasteiger partial charge in [0.2, 0.25) is 0 Å². The molecule has 180 valence electrons. The number of esters is 1. The van der Waals surface area contributed by atoms with E-state index in [0.29, 0.717) is 11.3 Å². The number of aliphatic hydroxyl groups is 1. The largest absolute Gasteiger partial charge is 0.469 e. The lowest BCUT2D eigenvalue weighted by Gasteiger charge is -2.44. The van der Waals surface area contributed by atoms with E-state index in [4.69, 9.17) is 4.74 Å². The zero-order valence-corrected chi connectivity index (χ0v) is 20.2. The molecule has 0 aromatic heterocycles. The highest BCUT2D eigenvalue weighted by molar-refractivity contribution is 6.11. The fourth-order valence-electron chi connectivity index (χ4n) is 5.41. The summed E-state index contributed by atoms with van der Waals surface area (Å²) >= 11 is 0. The van der Waals surface area contributed by atoms with Gasteiger partial charge < -0.3 is 9.84 Å². The van der Waals surface area contributed by atoms with Crippen LogP contribution in [-0.4, -0.2) is 24.1 Å². The van der Waals surface area contributed by atoms with Crippen LogP contribution in [0.2, 0.25) is 0 Å². The number of carbonyl (C=O) groups is 2. The number of anilines is 1. The molecule has 0 radical (unpaired) electrons. The van der Waals surface area contributed by atoms with E-state index in [9.17, 15) is 14.7 Å². The normalized spacial score (nSPS) is 18.0. The minimum atomic E-state index is -2.10. The van der Waals surface area contributed by atoms with Crippen molar-refractivity contribution >= 4 is 17.6 Å². The average Bonchev–Trinajstić information content (AvgIpc) is 3.18. The highest BCUT2D eigenvalue weighted by Gasteiger charge is 2.61. The summed E-state index contributed by atoms with van der Waals surface area (Å²) in [4.78, 5) is 28.9. The molecule has 4 aromatic rings. The van der Waals surface area contributed by atoms with Crippen molar-refractivity contribution in [3.63, 3.8) is 0 Å². The van der Waals surface area contributed by atoms with E-state index in [1.165, 1.54) is 14.0 Å². The predicted octanol–water partition coefficient (Wildman–Crippen LogP) is 5.02. The van der Waals surface area contributed by atoms with Crippen molar-refractivity contribution in [2.75, 3.05) is 12.0 Å². The van der Waals surface area contributed by atoms with E-state index in [-0.39, 0.29) is 0 Å². The lowest BCUT2D eigenvalue weighted by molar-refractivity contribution is -0.162. The van der Waals surface area contributed by atoms with Crippen molar-refractivity contribution in [1.29, 1.82) is 0 Å². The maximum atomic E-state index is 14.6. The lowest BCUT2D eigenvalue weighted by atomic mass is 9.75. The third kappa shape index (κ3) is 3.28. The minimum absolute atomic E-state index is 0.375. The van der Waals surface area contributed by atoms with Crippen molar-refractivity contribution in [2.24, 2.45) is 5.92 Å². The average molecular weight is 478 g/mol. The van der Waals surface area contributed by atoms with Crippen LogP contribution in [0.1, 0.15) is 29.2 Å². The molecule has 0 aliphatic carbocycles. The number of amides is 1. The summed E-state index contributed by atoms with van der Waals surface area (Å²) < 4.78 is 4.96. The Bertz CT molecular complexity index is 1290. The number of carbonyl (C=O) groups excluding carboxylic acids is 2. The molecule has 36 heavy (non-hydrogen) atoms. The fraction of sp³-hybridized carbons (Fsp3) is 0.161. The van der Waals surface area contributed by atoms with Crippen molar-refractivity contribution in [3.8, 4) is 0 Å². The molecule has 5 heteroatoms. The van der Waals surface area contributed by atoms with E-state index in [1.54, 1.807) is 17.0 Å². The molecule has 0 unspecified atom stereocenters. The summed E-state index contributed by atoms with van der Waals surface area (Å²) in [6.07, 6.45) is 0. The summed E-state index contributed by atoms with van der Waals surface area (Å²) in [5.41, 5.74) is 0.226. The van der Waals surface area contributed by atoms with Gasteiger partial charge in [0.25, 0.3) is 5.91 Å². The van der Waals surface area contributed by atoms with Crippen LogP contribution < -0.4 is 4.90 Å². The van der Waals surface area contributed by atoms with Gasteiger partial charge in [0.05, 0.1) is 18.7 Å². The van der Waals surface area contributed by atoms with Gasteiger partial charge in [0, 0.05) is 5.56 Å². The Morgan fingerprint density at radius 1 is 0.778 bits per heavy atom. The summed E-state index contributed by atoms with van der Waals surface area (Å²) in [6.45, 7) is 1.53. The Morgan fingerprint density at radius 3 is 1.64 bits per heavy atom. The van der Waals surface area contributed by atoms with E-state index in [0.717, 1.165) is 16.7 Å². The molecule has 1 N–H and O–H groups in total. The van der Waals surface area contributed by atoms with Gasteiger partial charge >= 0.3 is 5.97 Å². The molecule has 1 heterocycles. The van der Waals surface area contributed by atoms with Crippen LogP contribution >= 0.6 is 0 Å². The van der Waals surface area contributed by atoms with Gasteiger partial charge in [0.1, 0.15) is 5.54 Å². The Balaban J connectivity index is 1.90. The molecular weight excluding hydrogens is 450 g/mol. The van der Waals surface area contributed by atoms with E-state index >= 15 is 0 Å². The van der Waals surface area contributed by atoms with Crippen LogP contribution in [0.3, 0.4) is 0 Å². The standard InChI is InChI=1S/C31H27NO4/c1-22(28(33)36-2)31(35)26-20-12-13-21-27(26)32(29(31)34)30(23-14-6-3-7-15-23,24-16-8-4-9-17-24)25-18-10-5-11-19-25/h3-22,35H,1-2H3/t22-,31-/m1/s1. The molecule has 5 rings (SSSR count). The summed E-state index contributed by atoms with van der Waals surface area (Å²) in [7, 11) is 1.26. The van der Waals surface area contributed by atoms with Gasteiger partial charge in [-0.1, -0.05) is 109 Å². The van der Waals surface area contributed by atoms with E-state index in [2.05, 4.69) is 0 Å². The number of ether oxygens (including phenoxy) is 1.